The molecular weight excluding hydrogens is 512 g/mol. The minimum Gasteiger partial charge on any atom is -0.484 e. The molecule has 4 aromatic carbocycles. The Bertz CT molecular complexity index is 1440. The maximum absolute atomic E-state index is 12.7. The predicted octanol–water partition coefficient (Wildman–Crippen LogP) is 4.51. The molecule has 1 fully saturated rings. The monoisotopic (exact) mass is 542 g/mol. The van der Waals surface area contributed by atoms with Crippen LogP contribution in [0.2, 0.25) is 0 Å². The van der Waals surface area contributed by atoms with E-state index < -0.39 is 11.9 Å². The van der Waals surface area contributed by atoms with Crippen LogP contribution in [0.25, 0.3) is 10.8 Å². The van der Waals surface area contributed by atoms with Crippen LogP contribution >= 0.6 is 0 Å². The molecule has 0 radical (unpaired) electrons. The third kappa shape index (κ3) is 8.31. The summed E-state index contributed by atoms with van der Waals surface area (Å²) in [6.45, 7) is 4.00. The number of amides is 1. The van der Waals surface area contributed by atoms with E-state index in [9.17, 15) is 4.79 Å². The van der Waals surface area contributed by atoms with E-state index in [-0.39, 0.29) is 12.5 Å². The molecule has 5 rings (SSSR count). The second kappa shape index (κ2) is 13.8. The third-order valence-electron chi connectivity index (χ3n) is 6.27. The first-order valence-corrected chi connectivity index (χ1v) is 12.8. The predicted molar refractivity (Wildman–Crippen MR) is 150 cm³/mol. The lowest BCUT2D eigenvalue weighted by Gasteiger charge is -2.34. The molecule has 2 N–H and O–H groups in total. The maximum atomic E-state index is 12.7. The highest BCUT2D eigenvalue weighted by Crippen LogP contribution is 2.23. The summed E-state index contributed by atoms with van der Waals surface area (Å²) < 4.78 is 11.8. The average molecular weight is 543 g/mol. The number of para-hydroxylation sites is 1. The number of carboxylic acid groups (broad SMARTS) is 2. The largest absolute Gasteiger partial charge is 0.484 e. The maximum Gasteiger partial charge on any atom is 0.414 e. The Hall–Kier alpha value is -4.89. The average Bonchev–Trinajstić information content (AvgIpc) is 2.97. The highest BCUT2D eigenvalue weighted by molar-refractivity contribution is 6.27. The van der Waals surface area contributed by atoms with Crippen molar-refractivity contribution in [3.05, 3.63) is 103 Å². The zero-order valence-corrected chi connectivity index (χ0v) is 21.8. The molecule has 1 aliphatic heterocycles. The van der Waals surface area contributed by atoms with Crippen LogP contribution < -0.4 is 9.47 Å². The van der Waals surface area contributed by atoms with Crippen LogP contribution in [0, 0.1) is 0 Å². The van der Waals surface area contributed by atoms with Crippen molar-refractivity contribution in [2.45, 2.75) is 6.54 Å². The number of fused-ring (bicyclic) bond motifs is 1. The van der Waals surface area contributed by atoms with E-state index in [1.165, 1.54) is 5.56 Å². The molecule has 0 saturated carbocycles. The lowest BCUT2D eigenvalue weighted by atomic mass is 10.1. The summed E-state index contributed by atoms with van der Waals surface area (Å²) in [7, 11) is 0. The minimum absolute atomic E-state index is 0.0334. The summed E-state index contributed by atoms with van der Waals surface area (Å²) >= 11 is 0. The third-order valence-corrected chi connectivity index (χ3v) is 6.27. The molecular formula is C31H30N2O7. The second-order valence-electron chi connectivity index (χ2n) is 9.13. The number of rotatable bonds is 7. The number of hydrogen-bond donors (Lipinski definition) is 2. The second-order valence-corrected chi connectivity index (χ2v) is 9.13. The van der Waals surface area contributed by atoms with Crippen LogP contribution in [-0.2, 0) is 20.9 Å². The van der Waals surface area contributed by atoms with Gasteiger partial charge in [-0.25, -0.2) is 9.59 Å². The summed E-state index contributed by atoms with van der Waals surface area (Å²) in [5, 5.41) is 17.1. The van der Waals surface area contributed by atoms with Crippen molar-refractivity contribution in [1.29, 1.82) is 0 Å². The first kappa shape index (κ1) is 28.1. The Morgan fingerprint density at radius 2 is 1.30 bits per heavy atom. The Labute approximate surface area is 231 Å². The zero-order valence-electron chi connectivity index (χ0n) is 21.8. The fraction of sp³-hybridized carbons (Fsp3) is 0.194. The zero-order chi connectivity index (χ0) is 28.3. The number of carboxylic acids is 2. The van der Waals surface area contributed by atoms with Gasteiger partial charge in [-0.2, -0.15) is 0 Å². The number of piperazine rings is 1. The normalized spacial score (nSPS) is 13.2. The molecule has 0 bridgehead atoms. The van der Waals surface area contributed by atoms with E-state index in [0.29, 0.717) is 13.1 Å². The Morgan fingerprint density at radius 3 is 2.00 bits per heavy atom. The van der Waals surface area contributed by atoms with Gasteiger partial charge in [0.25, 0.3) is 5.91 Å². The van der Waals surface area contributed by atoms with Crippen molar-refractivity contribution in [2.24, 2.45) is 0 Å². The number of hydrogen-bond acceptors (Lipinski definition) is 6. The van der Waals surface area contributed by atoms with Gasteiger partial charge in [0, 0.05) is 32.7 Å². The highest BCUT2D eigenvalue weighted by Gasteiger charge is 2.21. The van der Waals surface area contributed by atoms with Crippen molar-refractivity contribution in [2.75, 3.05) is 32.8 Å². The van der Waals surface area contributed by atoms with Gasteiger partial charge in [-0.15, -0.1) is 0 Å². The Balaban J connectivity index is 0.000000557. The van der Waals surface area contributed by atoms with E-state index in [2.05, 4.69) is 23.1 Å². The van der Waals surface area contributed by atoms with Gasteiger partial charge in [-0.1, -0.05) is 60.7 Å². The van der Waals surface area contributed by atoms with Crippen molar-refractivity contribution in [3.63, 3.8) is 0 Å². The van der Waals surface area contributed by atoms with Crippen LogP contribution in [0.1, 0.15) is 5.56 Å². The fourth-order valence-electron chi connectivity index (χ4n) is 4.24. The smallest absolute Gasteiger partial charge is 0.414 e. The molecule has 0 aromatic heterocycles. The topological polar surface area (TPSA) is 117 Å². The molecule has 4 aromatic rings. The summed E-state index contributed by atoms with van der Waals surface area (Å²) in [5.41, 5.74) is 1.20. The molecule has 206 valence electrons. The van der Waals surface area contributed by atoms with Gasteiger partial charge in [-0.3, -0.25) is 9.69 Å². The molecule has 9 heteroatoms. The molecule has 1 heterocycles. The van der Waals surface area contributed by atoms with Gasteiger partial charge in [0.1, 0.15) is 17.2 Å². The van der Waals surface area contributed by atoms with Crippen molar-refractivity contribution in [3.8, 4) is 17.2 Å². The number of carbonyl (C=O) groups is 3. The van der Waals surface area contributed by atoms with Crippen LogP contribution in [-0.4, -0.2) is 70.6 Å². The molecule has 9 nitrogen and oxygen atoms in total. The molecule has 0 unspecified atom stereocenters. The number of nitrogens with zero attached hydrogens (tertiary/aromatic N) is 2. The van der Waals surface area contributed by atoms with Gasteiger partial charge < -0.3 is 24.6 Å². The molecule has 0 aliphatic carbocycles. The van der Waals surface area contributed by atoms with Gasteiger partial charge in [0.05, 0.1) is 0 Å². The Morgan fingerprint density at radius 1 is 0.650 bits per heavy atom. The number of carbonyl (C=O) groups excluding carboxylic acids is 1. The molecule has 1 aliphatic rings. The molecule has 0 atom stereocenters. The quantitative estimate of drug-likeness (QED) is 0.328. The van der Waals surface area contributed by atoms with Crippen LogP contribution in [0.4, 0.5) is 0 Å². The summed E-state index contributed by atoms with van der Waals surface area (Å²) in [4.78, 5) is 35.1. The summed E-state index contributed by atoms with van der Waals surface area (Å²) in [5.74, 6) is -1.22. The highest BCUT2D eigenvalue weighted by atomic mass is 16.5. The Kier molecular flexibility index (Phi) is 9.68. The summed E-state index contributed by atoms with van der Waals surface area (Å²) in [6.07, 6.45) is 0. The van der Waals surface area contributed by atoms with Crippen molar-refractivity contribution in [1.82, 2.24) is 9.80 Å². The fourth-order valence-corrected chi connectivity index (χ4v) is 4.24. The lowest BCUT2D eigenvalue weighted by molar-refractivity contribution is -0.159. The molecule has 0 spiro atoms. The first-order valence-electron chi connectivity index (χ1n) is 12.8. The summed E-state index contributed by atoms with van der Waals surface area (Å²) in [6, 6.07) is 32.1. The number of benzene rings is 4. The minimum atomic E-state index is -1.82. The standard InChI is InChI=1S/C29H28N2O3.C2H2O4/c32-29(22-33-27-14-13-24-8-4-5-9-25(24)20-27)31-17-15-30(16-18-31)21-23-7-6-12-28(19-23)34-26-10-2-1-3-11-26;3-1(4)2(5)6/h1-14,19-20H,15-18,21-22H2;(H,3,4)(H,5,6). The molecule has 1 amide bonds. The van der Waals surface area contributed by atoms with Gasteiger partial charge in [0.2, 0.25) is 0 Å². The van der Waals surface area contributed by atoms with Crippen LogP contribution in [0.5, 0.6) is 17.2 Å². The van der Waals surface area contributed by atoms with E-state index in [0.717, 1.165) is 47.7 Å². The van der Waals surface area contributed by atoms with Crippen LogP contribution in [0.15, 0.2) is 97.1 Å². The molecule has 1 saturated heterocycles. The van der Waals surface area contributed by atoms with Crippen molar-refractivity contribution >= 4 is 28.6 Å². The van der Waals surface area contributed by atoms with E-state index in [1.807, 2.05) is 83.8 Å². The SMILES string of the molecule is O=C(COc1ccc2ccccc2c1)N1CCN(Cc2cccc(Oc3ccccc3)c2)CC1.O=C(O)C(=O)O. The van der Waals surface area contributed by atoms with Crippen LogP contribution in [0.3, 0.4) is 0 Å². The lowest BCUT2D eigenvalue weighted by Crippen LogP contribution is -2.49. The molecule has 40 heavy (non-hydrogen) atoms. The van der Waals surface area contributed by atoms with E-state index in [1.54, 1.807) is 0 Å². The van der Waals surface area contributed by atoms with Crippen molar-refractivity contribution < 1.29 is 34.1 Å². The number of aliphatic carboxylic acids is 2. The van der Waals surface area contributed by atoms with Gasteiger partial charge >= 0.3 is 11.9 Å². The van der Waals surface area contributed by atoms with E-state index in [4.69, 9.17) is 29.3 Å². The van der Waals surface area contributed by atoms with Gasteiger partial charge in [0.15, 0.2) is 6.61 Å². The van der Waals surface area contributed by atoms with Gasteiger partial charge in [-0.05, 0) is 52.7 Å². The first-order chi connectivity index (χ1) is 19.4. The number of ether oxygens (including phenoxy) is 2. The van der Waals surface area contributed by atoms with E-state index >= 15 is 0 Å².